The third kappa shape index (κ3) is 3.23. The van der Waals surface area contributed by atoms with E-state index in [2.05, 4.69) is 27.9 Å². The Bertz CT molecular complexity index is 581. The molecule has 0 fully saturated rings. The Labute approximate surface area is 124 Å². The average Bonchev–Trinajstić information content (AvgIpc) is 2.34. The quantitative estimate of drug-likeness (QED) is 0.774. The van der Waals surface area contributed by atoms with Crippen LogP contribution in [0.5, 0.6) is 0 Å². The van der Waals surface area contributed by atoms with E-state index in [0.717, 1.165) is 9.13 Å². The van der Waals surface area contributed by atoms with Crippen LogP contribution < -0.4 is 5.32 Å². The second-order valence-corrected chi connectivity index (χ2v) is 5.60. The maximum atomic E-state index is 12.0. The fourth-order valence-electron chi connectivity index (χ4n) is 1.53. The molecule has 0 saturated heterocycles. The van der Waals surface area contributed by atoms with Gasteiger partial charge in [-0.2, -0.15) is 0 Å². The van der Waals surface area contributed by atoms with Gasteiger partial charge in [0.15, 0.2) is 0 Å². The molecule has 0 aromatic heterocycles. The number of hydrogen-bond donors (Lipinski definition) is 1. The van der Waals surface area contributed by atoms with Gasteiger partial charge in [-0.3, -0.25) is 4.79 Å². The molecular weight excluding hydrogens is 361 g/mol. The SMILES string of the molecule is Cc1ccc(Cl)c(NC(=O)c2ccc(I)cc2)c1. The summed E-state index contributed by atoms with van der Waals surface area (Å²) in [7, 11) is 0. The molecule has 0 aliphatic carbocycles. The normalized spacial score (nSPS) is 10.2. The van der Waals surface area contributed by atoms with Crippen molar-refractivity contribution in [3.8, 4) is 0 Å². The first-order valence-electron chi connectivity index (χ1n) is 5.39. The molecule has 0 aliphatic rings. The monoisotopic (exact) mass is 371 g/mol. The van der Waals surface area contributed by atoms with E-state index in [1.165, 1.54) is 0 Å². The predicted octanol–water partition coefficient (Wildman–Crippen LogP) is 4.51. The van der Waals surface area contributed by atoms with E-state index in [1.54, 1.807) is 18.2 Å². The number of aryl methyl sites for hydroxylation is 1. The third-order valence-corrected chi connectivity index (χ3v) is 3.53. The summed E-state index contributed by atoms with van der Waals surface area (Å²) in [5, 5.41) is 3.35. The molecule has 1 amide bonds. The minimum atomic E-state index is -0.154. The van der Waals surface area contributed by atoms with Crippen molar-refractivity contribution in [1.82, 2.24) is 0 Å². The summed E-state index contributed by atoms with van der Waals surface area (Å²) < 4.78 is 1.10. The Morgan fingerprint density at radius 1 is 1.17 bits per heavy atom. The predicted molar refractivity (Wildman–Crippen MR) is 83.3 cm³/mol. The van der Waals surface area contributed by atoms with E-state index in [9.17, 15) is 4.79 Å². The molecule has 2 rings (SSSR count). The first-order chi connectivity index (χ1) is 8.56. The number of hydrogen-bond acceptors (Lipinski definition) is 1. The molecule has 0 radical (unpaired) electrons. The average molecular weight is 372 g/mol. The number of benzene rings is 2. The van der Waals surface area contributed by atoms with Gasteiger partial charge in [-0.15, -0.1) is 0 Å². The highest BCUT2D eigenvalue weighted by Gasteiger charge is 2.08. The molecule has 0 unspecified atom stereocenters. The van der Waals surface area contributed by atoms with Crippen LogP contribution >= 0.6 is 34.2 Å². The molecule has 2 nitrogen and oxygen atoms in total. The van der Waals surface area contributed by atoms with E-state index in [-0.39, 0.29) is 5.91 Å². The summed E-state index contributed by atoms with van der Waals surface area (Å²) >= 11 is 8.24. The largest absolute Gasteiger partial charge is 0.321 e. The van der Waals surface area contributed by atoms with Crippen molar-refractivity contribution in [2.75, 3.05) is 5.32 Å². The molecule has 4 heteroatoms. The number of anilines is 1. The van der Waals surface area contributed by atoms with Gasteiger partial charge in [0.05, 0.1) is 10.7 Å². The zero-order chi connectivity index (χ0) is 13.1. The van der Waals surface area contributed by atoms with Crippen molar-refractivity contribution >= 4 is 45.8 Å². The van der Waals surface area contributed by atoms with E-state index in [4.69, 9.17) is 11.6 Å². The summed E-state index contributed by atoms with van der Waals surface area (Å²) in [6, 6.07) is 12.9. The molecule has 0 heterocycles. The van der Waals surface area contributed by atoms with Crippen molar-refractivity contribution in [1.29, 1.82) is 0 Å². The summed E-state index contributed by atoms with van der Waals surface area (Å²) in [6.45, 7) is 1.96. The number of carbonyl (C=O) groups is 1. The molecule has 0 bridgehead atoms. The fourth-order valence-corrected chi connectivity index (χ4v) is 2.06. The number of nitrogens with one attached hydrogen (secondary N) is 1. The van der Waals surface area contributed by atoms with Crippen molar-refractivity contribution < 1.29 is 4.79 Å². The molecule has 92 valence electrons. The van der Waals surface area contributed by atoms with E-state index in [1.807, 2.05) is 31.2 Å². The fraction of sp³-hybridized carbons (Fsp3) is 0.0714. The third-order valence-electron chi connectivity index (χ3n) is 2.48. The van der Waals surface area contributed by atoms with Gasteiger partial charge in [0.25, 0.3) is 5.91 Å². The van der Waals surface area contributed by atoms with Crippen LogP contribution in [0.4, 0.5) is 5.69 Å². The summed E-state index contributed by atoms with van der Waals surface area (Å²) in [6.07, 6.45) is 0. The highest BCUT2D eigenvalue weighted by Crippen LogP contribution is 2.23. The van der Waals surface area contributed by atoms with Gasteiger partial charge in [-0.05, 0) is 71.5 Å². The molecule has 0 spiro atoms. The molecule has 2 aromatic rings. The minimum absolute atomic E-state index is 0.154. The topological polar surface area (TPSA) is 29.1 Å². The standard InChI is InChI=1S/C14H11ClINO/c1-9-2-7-12(15)13(8-9)17-14(18)10-3-5-11(16)6-4-10/h2-8H,1H3,(H,17,18). The van der Waals surface area contributed by atoms with Crippen LogP contribution in [0.25, 0.3) is 0 Å². The second kappa shape index (κ2) is 5.71. The van der Waals surface area contributed by atoms with Crippen LogP contribution in [0.15, 0.2) is 42.5 Å². The molecule has 1 N–H and O–H groups in total. The number of carbonyl (C=O) groups excluding carboxylic acids is 1. The van der Waals surface area contributed by atoms with Gasteiger partial charge in [-0.25, -0.2) is 0 Å². The van der Waals surface area contributed by atoms with Crippen molar-refractivity contribution in [3.05, 3.63) is 62.2 Å². The Morgan fingerprint density at radius 2 is 1.83 bits per heavy atom. The van der Waals surface area contributed by atoms with Crippen molar-refractivity contribution in [3.63, 3.8) is 0 Å². The lowest BCUT2D eigenvalue weighted by Gasteiger charge is -2.08. The lowest BCUT2D eigenvalue weighted by Crippen LogP contribution is -2.12. The van der Waals surface area contributed by atoms with E-state index in [0.29, 0.717) is 16.3 Å². The Morgan fingerprint density at radius 3 is 2.50 bits per heavy atom. The van der Waals surface area contributed by atoms with Crippen LogP contribution in [0, 0.1) is 10.5 Å². The molecular formula is C14H11ClINO. The van der Waals surface area contributed by atoms with Gasteiger partial charge in [0, 0.05) is 9.13 Å². The Kier molecular flexibility index (Phi) is 4.24. The van der Waals surface area contributed by atoms with Gasteiger partial charge in [0.2, 0.25) is 0 Å². The van der Waals surface area contributed by atoms with E-state index >= 15 is 0 Å². The lowest BCUT2D eigenvalue weighted by molar-refractivity contribution is 0.102. The summed E-state index contributed by atoms with van der Waals surface area (Å²) in [5.74, 6) is -0.154. The highest BCUT2D eigenvalue weighted by molar-refractivity contribution is 14.1. The van der Waals surface area contributed by atoms with Crippen LogP contribution in [-0.4, -0.2) is 5.91 Å². The molecule has 0 saturated carbocycles. The van der Waals surface area contributed by atoms with Crippen LogP contribution in [0.3, 0.4) is 0 Å². The maximum absolute atomic E-state index is 12.0. The zero-order valence-corrected chi connectivity index (χ0v) is 12.6. The van der Waals surface area contributed by atoms with Crippen LogP contribution in [-0.2, 0) is 0 Å². The molecule has 0 atom stereocenters. The summed E-state index contributed by atoms with van der Waals surface area (Å²) in [4.78, 5) is 12.0. The second-order valence-electron chi connectivity index (χ2n) is 3.94. The number of halogens is 2. The highest BCUT2D eigenvalue weighted by atomic mass is 127. The Balaban J connectivity index is 2.21. The van der Waals surface area contributed by atoms with Gasteiger partial charge < -0.3 is 5.32 Å². The molecule has 18 heavy (non-hydrogen) atoms. The van der Waals surface area contributed by atoms with E-state index < -0.39 is 0 Å². The van der Waals surface area contributed by atoms with Crippen LogP contribution in [0.2, 0.25) is 5.02 Å². The van der Waals surface area contributed by atoms with Gasteiger partial charge in [0.1, 0.15) is 0 Å². The van der Waals surface area contributed by atoms with Crippen molar-refractivity contribution in [2.24, 2.45) is 0 Å². The first-order valence-corrected chi connectivity index (χ1v) is 6.85. The zero-order valence-electron chi connectivity index (χ0n) is 9.71. The van der Waals surface area contributed by atoms with Crippen LogP contribution in [0.1, 0.15) is 15.9 Å². The van der Waals surface area contributed by atoms with Crippen molar-refractivity contribution in [2.45, 2.75) is 6.92 Å². The summed E-state index contributed by atoms with van der Waals surface area (Å²) in [5.41, 5.74) is 2.31. The molecule has 2 aromatic carbocycles. The molecule has 0 aliphatic heterocycles. The Hall–Kier alpha value is -1.07. The van der Waals surface area contributed by atoms with Gasteiger partial charge >= 0.3 is 0 Å². The first kappa shape index (κ1) is 13.4. The van der Waals surface area contributed by atoms with Gasteiger partial charge in [-0.1, -0.05) is 17.7 Å². The number of amides is 1. The lowest BCUT2D eigenvalue weighted by atomic mass is 10.2. The maximum Gasteiger partial charge on any atom is 0.255 e. The smallest absolute Gasteiger partial charge is 0.255 e. The number of rotatable bonds is 2. The minimum Gasteiger partial charge on any atom is -0.321 e.